The third kappa shape index (κ3) is 6.55. The van der Waals surface area contributed by atoms with Crippen molar-refractivity contribution in [3.8, 4) is 11.5 Å². The number of carboxylic acid groups (broad SMARTS) is 2. The number of ether oxygens (including phenoxy) is 3. The number of hydrogen-bond acceptors (Lipinski definition) is 12. The van der Waals surface area contributed by atoms with E-state index in [4.69, 9.17) is 25.1 Å². The van der Waals surface area contributed by atoms with Crippen LogP contribution in [0.25, 0.3) is 6.08 Å². The zero-order valence-electron chi connectivity index (χ0n) is 22.0. The summed E-state index contributed by atoms with van der Waals surface area (Å²) >= 11 is 1.08. The van der Waals surface area contributed by atoms with Crippen molar-refractivity contribution in [3.05, 3.63) is 40.8 Å². The number of aromatic hydroxyl groups is 2. The zero-order chi connectivity index (χ0) is 30.5. The summed E-state index contributed by atoms with van der Waals surface area (Å²) in [5.74, 6) is -6.13. The Morgan fingerprint density at radius 1 is 1.22 bits per heavy atom. The SMILES string of the molecule is CO/C(=C\c1ccc(O)c(O)c1)C(=O)OCC1=C(C(=O)O)N2C(=O)[C@](NC(=O)CCC[C@H](N)C(=O)O)(OC)[C@H]2SC1. The molecular weight excluding hydrogens is 566 g/mol. The fourth-order valence-corrected chi connectivity index (χ4v) is 5.56. The molecular formula is C25H29N3O12S. The average Bonchev–Trinajstić information content (AvgIpc) is 2.94. The number of thioether (sulfide) groups is 1. The summed E-state index contributed by atoms with van der Waals surface area (Å²) in [5, 5.41) is 39.4. The number of phenols is 2. The molecule has 2 aliphatic rings. The van der Waals surface area contributed by atoms with E-state index in [0.717, 1.165) is 16.7 Å². The number of nitrogens with one attached hydrogen (secondary N) is 1. The molecule has 2 aliphatic heterocycles. The number of aliphatic carboxylic acids is 2. The molecule has 0 saturated carbocycles. The van der Waals surface area contributed by atoms with Crippen LogP contribution >= 0.6 is 11.8 Å². The van der Waals surface area contributed by atoms with Crippen LogP contribution in [0.2, 0.25) is 0 Å². The van der Waals surface area contributed by atoms with Crippen LogP contribution in [0.1, 0.15) is 24.8 Å². The second-order valence-electron chi connectivity index (χ2n) is 8.96. The Labute approximate surface area is 237 Å². The number of nitrogens with zero attached hydrogens (tertiary/aromatic N) is 1. The highest BCUT2D eigenvalue weighted by atomic mass is 32.2. The minimum Gasteiger partial charge on any atom is -0.504 e. The molecule has 0 unspecified atom stereocenters. The van der Waals surface area contributed by atoms with Gasteiger partial charge in [-0.25, -0.2) is 9.59 Å². The Bertz CT molecular complexity index is 1310. The predicted octanol–water partition coefficient (Wildman–Crippen LogP) is -0.0768. The fraction of sp³-hybridized carbons (Fsp3) is 0.400. The number of carbonyl (C=O) groups is 5. The number of amides is 2. The van der Waals surface area contributed by atoms with Crippen molar-refractivity contribution < 1.29 is 58.6 Å². The molecule has 0 radical (unpaired) electrons. The number of esters is 1. The molecule has 7 N–H and O–H groups in total. The van der Waals surface area contributed by atoms with Crippen LogP contribution in [0.5, 0.6) is 11.5 Å². The van der Waals surface area contributed by atoms with Gasteiger partial charge < -0.3 is 45.7 Å². The molecule has 1 aromatic carbocycles. The van der Waals surface area contributed by atoms with Gasteiger partial charge in [-0.05, 0) is 36.6 Å². The quantitative estimate of drug-likeness (QED) is 0.0437. The molecule has 0 aliphatic carbocycles. The average molecular weight is 596 g/mol. The lowest BCUT2D eigenvalue weighted by Crippen LogP contribution is -2.80. The molecule has 0 spiro atoms. The smallest absolute Gasteiger partial charge is 0.373 e. The van der Waals surface area contributed by atoms with E-state index in [1.165, 1.54) is 38.5 Å². The number of nitrogens with two attached hydrogens (primary N) is 1. The van der Waals surface area contributed by atoms with E-state index in [2.05, 4.69) is 5.32 Å². The number of carbonyl (C=O) groups excluding carboxylic acids is 3. The Morgan fingerprint density at radius 3 is 2.51 bits per heavy atom. The molecule has 3 rings (SSSR count). The standard InChI is InChI=1S/C25H29N3O12S/c1-38-17(9-12-6-7-15(29)16(30)8-12)22(36)40-10-13-11-41-24-25(39-2,23(37)28(24)19(13)21(34)35)27-18(31)5-3-4-14(26)20(32)33/h6-9,14,24,29-30H,3-5,10-11,26H2,1-2H3,(H,27,31)(H,32,33)(H,34,35)/b17-9-/t14-,24+,25-/m0/s1. The maximum atomic E-state index is 13.2. The van der Waals surface area contributed by atoms with E-state index in [-0.39, 0.29) is 42.1 Å². The topological polar surface area (TPSA) is 235 Å². The third-order valence-corrected chi connectivity index (χ3v) is 7.67. The van der Waals surface area contributed by atoms with E-state index >= 15 is 0 Å². The number of methoxy groups -OCH3 is 2. The van der Waals surface area contributed by atoms with Crippen molar-refractivity contribution in [3.63, 3.8) is 0 Å². The lowest BCUT2D eigenvalue weighted by molar-refractivity contribution is -0.192. The summed E-state index contributed by atoms with van der Waals surface area (Å²) in [6, 6.07) is 2.67. The van der Waals surface area contributed by atoms with E-state index in [0.29, 0.717) is 5.56 Å². The maximum absolute atomic E-state index is 13.2. The van der Waals surface area contributed by atoms with E-state index in [1.807, 2.05) is 0 Å². The first-order valence-corrected chi connectivity index (χ1v) is 13.1. The Hall–Kier alpha value is -4.28. The first-order chi connectivity index (χ1) is 19.4. The van der Waals surface area contributed by atoms with Crippen LogP contribution in [0.15, 0.2) is 35.2 Å². The van der Waals surface area contributed by atoms with Gasteiger partial charge in [-0.3, -0.25) is 19.3 Å². The number of β-lactam (4-membered cyclic amide) rings is 1. The lowest BCUT2D eigenvalue weighted by Gasteiger charge is -2.55. The van der Waals surface area contributed by atoms with Crippen LogP contribution in [-0.2, 0) is 38.2 Å². The molecule has 1 fully saturated rings. The van der Waals surface area contributed by atoms with Gasteiger partial charge in [-0.2, -0.15) is 0 Å². The summed E-state index contributed by atoms with van der Waals surface area (Å²) in [6.07, 6.45) is 1.27. The summed E-state index contributed by atoms with van der Waals surface area (Å²) in [5.41, 5.74) is 3.58. The number of hydrogen-bond donors (Lipinski definition) is 6. The van der Waals surface area contributed by atoms with Gasteiger partial charge in [-0.15, -0.1) is 11.8 Å². The highest BCUT2D eigenvalue weighted by Gasteiger charge is 2.66. The largest absolute Gasteiger partial charge is 0.504 e. The summed E-state index contributed by atoms with van der Waals surface area (Å²) in [4.78, 5) is 62.2. The van der Waals surface area contributed by atoms with Crippen LogP contribution in [0, 0.1) is 0 Å². The molecule has 1 saturated heterocycles. The number of benzene rings is 1. The van der Waals surface area contributed by atoms with Gasteiger partial charge in [0.05, 0.1) is 7.11 Å². The van der Waals surface area contributed by atoms with Gasteiger partial charge in [0.15, 0.2) is 11.5 Å². The molecule has 15 nitrogen and oxygen atoms in total. The molecule has 2 heterocycles. The summed E-state index contributed by atoms with van der Waals surface area (Å²) < 4.78 is 15.6. The molecule has 0 bridgehead atoms. The fourth-order valence-electron chi connectivity index (χ4n) is 4.14. The van der Waals surface area contributed by atoms with Crippen molar-refractivity contribution in [1.29, 1.82) is 0 Å². The number of fused-ring (bicyclic) bond motifs is 1. The lowest BCUT2D eigenvalue weighted by atomic mass is 9.97. The molecule has 0 aromatic heterocycles. The Morgan fingerprint density at radius 2 is 1.93 bits per heavy atom. The van der Waals surface area contributed by atoms with Crippen molar-refractivity contribution in [1.82, 2.24) is 10.2 Å². The van der Waals surface area contributed by atoms with Crippen LogP contribution in [-0.4, -0.2) is 98.8 Å². The van der Waals surface area contributed by atoms with E-state index < -0.39 is 64.9 Å². The van der Waals surface area contributed by atoms with Gasteiger partial charge in [0.25, 0.3) is 11.6 Å². The monoisotopic (exact) mass is 595 g/mol. The highest BCUT2D eigenvalue weighted by Crippen LogP contribution is 2.46. The summed E-state index contributed by atoms with van der Waals surface area (Å²) in [7, 11) is 2.39. The van der Waals surface area contributed by atoms with Gasteiger partial charge >= 0.3 is 17.9 Å². The van der Waals surface area contributed by atoms with Gasteiger partial charge in [0, 0.05) is 24.9 Å². The van der Waals surface area contributed by atoms with E-state index in [9.17, 15) is 39.3 Å². The van der Waals surface area contributed by atoms with Crippen molar-refractivity contribution in [2.24, 2.45) is 5.73 Å². The van der Waals surface area contributed by atoms with Crippen LogP contribution in [0.3, 0.4) is 0 Å². The van der Waals surface area contributed by atoms with Crippen molar-refractivity contribution in [2.45, 2.75) is 36.4 Å². The second kappa shape index (κ2) is 12.9. The van der Waals surface area contributed by atoms with Gasteiger partial charge in [-0.1, -0.05) is 6.07 Å². The van der Waals surface area contributed by atoms with E-state index in [1.54, 1.807) is 0 Å². The number of carboxylic acids is 2. The molecule has 2 amide bonds. The number of rotatable bonds is 13. The predicted molar refractivity (Wildman–Crippen MR) is 141 cm³/mol. The minimum atomic E-state index is -1.85. The Kier molecular flexibility index (Phi) is 9.85. The maximum Gasteiger partial charge on any atom is 0.373 e. The normalized spacial score (nSPS) is 21.0. The van der Waals surface area contributed by atoms with Crippen molar-refractivity contribution >= 4 is 47.6 Å². The molecule has 1 aromatic rings. The molecule has 41 heavy (non-hydrogen) atoms. The van der Waals surface area contributed by atoms with Crippen LogP contribution < -0.4 is 11.1 Å². The number of phenolic OH excluding ortho intramolecular Hbond substituents is 2. The molecule has 16 heteroatoms. The molecule has 222 valence electrons. The Balaban J connectivity index is 1.71. The van der Waals surface area contributed by atoms with Crippen LogP contribution in [0.4, 0.5) is 0 Å². The molecule has 3 atom stereocenters. The van der Waals surface area contributed by atoms with Gasteiger partial charge in [0.1, 0.15) is 23.7 Å². The zero-order valence-corrected chi connectivity index (χ0v) is 22.8. The first-order valence-electron chi connectivity index (χ1n) is 12.1. The van der Waals surface area contributed by atoms with Crippen molar-refractivity contribution in [2.75, 3.05) is 26.6 Å². The summed E-state index contributed by atoms with van der Waals surface area (Å²) in [6.45, 7) is -0.498. The van der Waals surface area contributed by atoms with Gasteiger partial charge in [0.2, 0.25) is 11.7 Å². The highest BCUT2D eigenvalue weighted by molar-refractivity contribution is 8.00. The third-order valence-electron chi connectivity index (χ3n) is 6.29. The second-order valence-corrected chi connectivity index (χ2v) is 10.0. The first kappa shape index (κ1) is 31.3. The minimum absolute atomic E-state index is 0.00959.